The Morgan fingerprint density at radius 3 is 2.54 bits per heavy atom. The maximum atomic E-state index is 13.0. The summed E-state index contributed by atoms with van der Waals surface area (Å²) in [4.78, 5) is 14.7. The molecule has 1 heterocycles. The van der Waals surface area contributed by atoms with Gasteiger partial charge >= 0.3 is 0 Å². The van der Waals surface area contributed by atoms with Crippen LogP contribution in [0.1, 0.15) is 19.4 Å². The number of carbonyl (C=O) groups excluding carboxylic acids is 1. The van der Waals surface area contributed by atoms with Crippen molar-refractivity contribution in [1.82, 2.24) is 4.31 Å². The number of amides is 1. The minimum atomic E-state index is -3.77. The highest BCUT2D eigenvalue weighted by Gasteiger charge is 2.30. The molecule has 0 aliphatic carbocycles. The van der Waals surface area contributed by atoms with Gasteiger partial charge in [0.05, 0.1) is 18.0 Å². The van der Waals surface area contributed by atoms with Crippen molar-refractivity contribution in [2.45, 2.75) is 25.2 Å². The van der Waals surface area contributed by atoms with E-state index in [4.69, 9.17) is 4.74 Å². The van der Waals surface area contributed by atoms with E-state index in [9.17, 15) is 13.2 Å². The second kappa shape index (κ2) is 8.63. The van der Waals surface area contributed by atoms with Crippen molar-refractivity contribution >= 4 is 37.5 Å². The molecule has 0 bridgehead atoms. The first-order chi connectivity index (χ1) is 13.4. The van der Waals surface area contributed by atoms with Crippen LogP contribution in [0.15, 0.2) is 51.8 Å². The topological polar surface area (TPSA) is 66.9 Å². The number of hydrogen-bond acceptors (Lipinski definition) is 4. The van der Waals surface area contributed by atoms with Gasteiger partial charge in [-0.05, 0) is 61.4 Å². The van der Waals surface area contributed by atoms with Crippen molar-refractivity contribution < 1.29 is 17.9 Å². The highest BCUT2D eigenvalue weighted by molar-refractivity contribution is 9.10. The number of nitrogens with zero attached hydrogens (tertiary/aromatic N) is 2. The number of halogens is 1. The fourth-order valence-corrected chi connectivity index (χ4v) is 5.06. The summed E-state index contributed by atoms with van der Waals surface area (Å²) in [6.45, 7) is 4.68. The van der Waals surface area contributed by atoms with Gasteiger partial charge in [-0.15, -0.1) is 0 Å². The number of sulfonamides is 1. The Hall–Kier alpha value is -1.90. The zero-order chi connectivity index (χ0) is 20.3. The highest BCUT2D eigenvalue weighted by atomic mass is 79.9. The molecule has 0 unspecified atom stereocenters. The number of hydrogen-bond donors (Lipinski definition) is 0. The molecule has 0 spiro atoms. The Morgan fingerprint density at radius 1 is 1.18 bits per heavy atom. The fraction of sp³-hybridized carbons (Fsp3) is 0.350. The van der Waals surface area contributed by atoms with Gasteiger partial charge in [-0.1, -0.05) is 22.9 Å². The maximum Gasteiger partial charge on any atom is 0.243 e. The molecule has 2 aromatic carbocycles. The molecular formula is C20H23BrN2O4S. The Bertz CT molecular complexity index is 961. The SMILES string of the molecule is CCOc1ccc(S(=O)(=O)N(CC)CC(=O)N2CCc3cc(Br)ccc32)cc1. The molecular weight excluding hydrogens is 444 g/mol. The van der Waals surface area contributed by atoms with Gasteiger partial charge in [0.2, 0.25) is 15.9 Å². The summed E-state index contributed by atoms with van der Waals surface area (Å²) < 4.78 is 33.5. The Kier molecular flexibility index (Phi) is 6.42. The smallest absolute Gasteiger partial charge is 0.243 e. The third-order valence-electron chi connectivity index (χ3n) is 4.67. The first kappa shape index (κ1) is 20.8. The lowest BCUT2D eigenvalue weighted by Gasteiger charge is -2.24. The van der Waals surface area contributed by atoms with Gasteiger partial charge in [-0.25, -0.2) is 8.42 Å². The predicted molar refractivity (Wildman–Crippen MR) is 112 cm³/mol. The highest BCUT2D eigenvalue weighted by Crippen LogP contribution is 2.31. The molecule has 28 heavy (non-hydrogen) atoms. The molecule has 0 fully saturated rings. The molecule has 0 saturated carbocycles. The monoisotopic (exact) mass is 466 g/mol. The van der Waals surface area contributed by atoms with E-state index in [-0.39, 0.29) is 23.9 Å². The third-order valence-corrected chi connectivity index (χ3v) is 7.10. The maximum absolute atomic E-state index is 13.0. The lowest BCUT2D eigenvalue weighted by atomic mass is 10.2. The van der Waals surface area contributed by atoms with Crippen molar-refractivity contribution in [1.29, 1.82) is 0 Å². The second-order valence-corrected chi connectivity index (χ2v) is 9.26. The summed E-state index contributed by atoms with van der Waals surface area (Å²) >= 11 is 3.44. The summed E-state index contributed by atoms with van der Waals surface area (Å²) in [5.74, 6) is 0.387. The number of likely N-dealkylation sites (N-methyl/N-ethyl adjacent to an activating group) is 1. The van der Waals surface area contributed by atoms with Crippen LogP contribution in [0.3, 0.4) is 0 Å². The van der Waals surface area contributed by atoms with Crippen LogP contribution >= 0.6 is 15.9 Å². The van der Waals surface area contributed by atoms with Gasteiger partial charge in [-0.2, -0.15) is 4.31 Å². The molecule has 3 rings (SSSR count). The first-order valence-corrected chi connectivity index (χ1v) is 11.4. The normalized spacial score (nSPS) is 13.6. The number of rotatable bonds is 7. The first-order valence-electron chi connectivity index (χ1n) is 9.18. The number of benzene rings is 2. The van der Waals surface area contributed by atoms with Crippen molar-refractivity contribution in [3.05, 3.63) is 52.5 Å². The molecule has 6 nitrogen and oxygen atoms in total. The average molecular weight is 467 g/mol. The van der Waals surface area contributed by atoms with E-state index in [0.717, 1.165) is 22.1 Å². The Labute approximate surface area is 174 Å². The third kappa shape index (κ3) is 4.24. The molecule has 8 heteroatoms. The average Bonchev–Trinajstić information content (AvgIpc) is 3.09. The second-order valence-electron chi connectivity index (χ2n) is 6.40. The molecule has 1 aliphatic rings. The summed E-state index contributed by atoms with van der Waals surface area (Å²) in [5, 5.41) is 0. The van der Waals surface area contributed by atoms with Gasteiger partial charge in [-0.3, -0.25) is 4.79 Å². The Balaban J connectivity index is 1.77. The number of ether oxygens (including phenoxy) is 1. The summed E-state index contributed by atoms with van der Waals surface area (Å²) in [5.41, 5.74) is 1.93. The van der Waals surface area contributed by atoms with Crippen LogP contribution in [-0.4, -0.2) is 44.9 Å². The molecule has 1 amide bonds. The number of anilines is 1. The van der Waals surface area contributed by atoms with Gasteiger partial charge in [0.15, 0.2) is 0 Å². The molecule has 0 radical (unpaired) electrons. The van der Waals surface area contributed by atoms with E-state index in [1.165, 1.54) is 16.4 Å². The van der Waals surface area contributed by atoms with E-state index in [0.29, 0.717) is 18.9 Å². The van der Waals surface area contributed by atoms with E-state index in [1.807, 2.05) is 25.1 Å². The summed E-state index contributed by atoms with van der Waals surface area (Å²) in [6, 6.07) is 12.0. The predicted octanol–water partition coefficient (Wildman–Crippen LogP) is 3.45. The largest absolute Gasteiger partial charge is 0.494 e. The molecule has 0 atom stereocenters. The van der Waals surface area contributed by atoms with E-state index < -0.39 is 10.0 Å². The minimum Gasteiger partial charge on any atom is -0.494 e. The lowest BCUT2D eigenvalue weighted by Crippen LogP contribution is -2.42. The quantitative estimate of drug-likeness (QED) is 0.626. The zero-order valence-electron chi connectivity index (χ0n) is 15.9. The lowest BCUT2D eigenvalue weighted by molar-refractivity contribution is -0.118. The van der Waals surface area contributed by atoms with Gasteiger partial charge in [0.1, 0.15) is 5.75 Å². The molecule has 2 aromatic rings. The standard InChI is InChI=1S/C20H23BrN2O4S/c1-3-22(28(25,26)18-8-6-17(7-9-18)27-4-2)14-20(24)23-12-11-15-13-16(21)5-10-19(15)23/h5-10,13H,3-4,11-12,14H2,1-2H3. The fourth-order valence-electron chi connectivity index (χ4n) is 3.26. The summed E-state index contributed by atoms with van der Waals surface area (Å²) in [6.07, 6.45) is 0.762. The van der Waals surface area contributed by atoms with E-state index in [2.05, 4.69) is 15.9 Å². The molecule has 1 aliphatic heterocycles. The van der Waals surface area contributed by atoms with Crippen molar-refractivity contribution in [3.63, 3.8) is 0 Å². The van der Waals surface area contributed by atoms with Gasteiger partial charge in [0.25, 0.3) is 0 Å². The zero-order valence-corrected chi connectivity index (χ0v) is 18.3. The van der Waals surface area contributed by atoms with Crippen molar-refractivity contribution in [2.75, 3.05) is 31.1 Å². The Morgan fingerprint density at radius 2 is 1.89 bits per heavy atom. The van der Waals surface area contributed by atoms with Crippen LogP contribution in [0.25, 0.3) is 0 Å². The van der Waals surface area contributed by atoms with Crippen LogP contribution in [0.4, 0.5) is 5.69 Å². The molecule has 150 valence electrons. The minimum absolute atomic E-state index is 0.149. The van der Waals surface area contributed by atoms with Crippen molar-refractivity contribution in [3.8, 4) is 5.75 Å². The van der Waals surface area contributed by atoms with Crippen molar-refractivity contribution in [2.24, 2.45) is 0 Å². The number of carbonyl (C=O) groups is 1. The van der Waals surface area contributed by atoms with Gasteiger partial charge in [0, 0.05) is 23.2 Å². The summed E-state index contributed by atoms with van der Waals surface area (Å²) in [7, 11) is -3.77. The van der Waals surface area contributed by atoms with Gasteiger partial charge < -0.3 is 9.64 Å². The number of fused-ring (bicyclic) bond motifs is 1. The van der Waals surface area contributed by atoms with Crippen LogP contribution in [-0.2, 0) is 21.2 Å². The van der Waals surface area contributed by atoms with Crippen LogP contribution < -0.4 is 9.64 Å². The van der Waals surface area contributed by atoms with Crippen LogP contribution in [0, 0.1) is 0 Å². The molecule has 0 aromatic heterocycles. The van der Waals surface area contributed by atoms with E-state index >= 15 is 0 Å². The molecule has 0 saturated heterocycles. The van der Waals surface area contributed by atoms with E-state index in [1.54, 1.807) is 24.0 Å². The van der Waals surface area contributed by atoms with Crippen LogP contribution in [0.2, 0.25) is 0 Å². The van der Waals surface area contributed by atoms with Crippen LogP contribution in [0.5, 0.6) is 5.75 Å². The molecule has 0 N–H and O–H groups in total.